The molecule has 0 spiro atoms. The highest BCUT2D eigenvalue weighted by Gasteiger charge is 2.19. The molecule has 0 aliphatic rings. The van der Waals surface area contributed by atoms with Gasteiger partial charge < -0.3 is 14.2 Å². The van der Waals surface area contributed by atoms with Gasteiger partial charge >= 0.3 is 17.9 Å². The van der Waals surface area contributed by atoms with Crippen LogP contribution in [0.3, 0.4) is 0 Å². The van der Waals surface area contributed by atoms with E-state index in [2.05, 4.69) is 57.2 Å². The zero-order valence-electron chi connectivity index (χ0n) is 44.9. The van der Waals surface area contributed by atoms with Gasteiger partial charge in [0.15, 0.2) is 6.10 Å². The molecule has 0 aliphatic heterocycles. The minimum atomic E-state index is -0.787. The van der Waals surface area contributed by atoms with E-state index < -0.39 is 6.10 Å². The van der Waals surface area contributed by atoms with Gasteiger partial charge in [-0.25, -0.2) is 0 Å². The molecule has 0 radical (unpaired) electrons. The Morgan fingerprint density at radius 3 is 0.851 bits per heavy atom. The fourth-order valence-electron chi connectivity index (χ4n) is 8.67. The molecule has 0 rings (SSSR count). The lowest BCUT2D eigenvalue weighted by atomic mass is 10.0. The molecular weight excluding hydrogens is 829 g/mol. The van der Waals surface area contributed by atoms with Gasteiger partial charge in [0.05, 0.1) is 0 Å². The van der Waals surface area contributed by atoms with Crippen molar-refractivity contribution in [1.29, 1.82) is 0 Å². The number of hydrogen-bond acceptors (Lipinski definition) is 6. The molecule has 0 amide bonds. The summed E-state index contributed by atoms with van der Waals surface area (Å²) < 4.78 is 16.9. The molecule has 0 N–H and O–H groups in total. The molecule has 0 fully saturated rings. The van der Waals surface area contributed by atoms with Crippen LogP contribution in [-0.2, 0) is 28.6 Å². The first-order valence-electron chi connectivity index (χ1n) is 29.5. The molecule has 6 nitrogen and oxygen atoms in total. The summed E-state index contributed by atoms with van der Waals surface area (Å²) in [4.78, 5) is 38.2. The zero-order valence-corrected chi connectivity index (χ0v) is 44.9. The summed E-state index contributed by atoms with van der Waals surface area (Å²) in [5.41, 5.74) is 0. The maximum atomic E-state index is 12.8. The highest BCUT2D eigenvalue weighted by atomic mass is 16.6. The summed E-state index contributed by atoms with van der Waals surface area (Å²) in [6, 6.07) is 0. The van der Waals surface area contributed by atoms with E-state index in [4.69, 9.17) is 14.2 Å². The van der Waals surface area contributed by atoms with Crippen LogP contribution in [-0.4, -0.2) is 37.2 Å². The Balaban J connectivity index is 4.39. The highest BCUT2D eigenvalue weighted by Crippen LogP contribution is 2.16. The predicted octanol–water partition coefficient (Wildman–Crippen LogP) is 19.7. The molecule has 0 aromatic carbocycles. The van der Waals surface area contributed by atoms with Gasteiger partial charge in [-0.05, 0) is 70.6 Å². The van der Waals surface area contributed by atoms with Gasteiger partial charge in [-0.15, -0.1) is 0 Å². The smallest absolute Gasteiger partial charge is 0.306 e. The Morgan fingerprint density at radius 1 is 0.299 bits per heavy atom. The molecule has 0 bridgehead atoms. The van der Waals surface area contributed by atoms with Crippen molar-refractivity contribution in [2.24, 2.45) is 0 Å². The minimum absolute atomic E-state index is 0.0818. The van der Waals surface area contributed by atoms with Crippen LogP contribution in [0.15, 0.2) is 36.5 Å². The maximum absolute atomic E-state index is 12.8. The van der Waals surface area contributed by atoms with E-state index in [1.54, 1.807) is 0 Å². The molecular formula is C61H112O6. The van der Waals surface area contributed by atoms with Crippen LogP contribution in [0, 0.1) is 0 Å². The third-order valence-corrected chi connectivity index (χ3v) is 13.1. The third-order valence-electron chi connectivity index (χ3n) is 13.1. The van der Waals surface area contributed by atoms with E-state index in [0.29, 0.717) is 19.3 Å². The quantitative estimate of drug-likeness (QED) is 0.0199. The van der Waals surface area contributed by atoms with Gasteiger partial charge in [0, 0.05) is 19.3 Å². The van der Waals surface area contributed by atoms with Crippen molar-refractivity contribution in [2.75, 3.05) is 13.2 Å². The number of esters is 3. The van der Waals surface area contributed by atoms with Gasteiger partial charge in [-0.2, -0.15) is 0 Å². The van der Waals surface area contributed by atoms with Crippen molar-refractivity contribution in [2.45, 2.75) is 322 Å². The second kappa shape index (κ2) is 56.2. The number of ether oxygens (including phenoxy) is 3. The standard InChI is InChI=1S/C61H112O6/c1-4-7-10-13-16-19-22-25-28-31-34-36-39-42-45-48-51-54-60(63)66-57-58(67-61(64)55-52-49-46-43-40-37-33-30-27-24-21-18-15-12-9-6-3)56-65-59(62)53-50-47-44-41-38-35-32-29-26-23-20-17-14-11-8-5-2/h29-30,32-33,37,40,58H,4-28,31,34-36,38-39,41-57H2,1-3H3/b32-29-,33-30-,40-37-. The SMILES string of the molecule is CCCCCCCCC/C=C\C=C/CCCCCC(=O)OC(COC(=O)CCCCCCC/C=C\CCCCCCCCC)COC(=O)CCCCCCCCCCCCCCCCCCC. The summed E-state index contributed by atoms with van der Waals surface area (Å²) in [7, 11) is 0. The van der Waals surface area contributed by atoms with Gasteiger partial charge in [0.25, 0.3) is 0 Å². The topological polar surface area (TPSA) is 78.9 Å². The Morgan fingerprint density at radius 2 is 0.537 bits per heavy atom. The molecule has 1 unspecified atom stereocenters. The van der Waals surface area contributed by atoms with Crippen LogP contribution in [0.5, 0.6) is 0 Å². The van der Waals surface area contributed by atoms with Gasteiger partial charge in [0.2, 0.25) is 0 Å². The number of carbonyl (C=O) groups is 3. The normalized spacial score (nSPS) is 12.2. The Kier molecular flexibility index (Phi) is 54.2. The van der Waals surface area contributed by atoms with Crippen molar-refractivity contribution >= 4 is 17.9 Å². The fraction of sp³-hybridized carbons (Fsp3) is 0.852. The number of allylic oxidation sites excluding steroid dienone is 6. The zero-order chi connectivity index (χ0) is 48.6. The van der Waals surface area contributed by atoms with Gasteiger partial charge in [-0.1, -0.05) is 263 Å². The van der Waals surface area contributed by atoms with Crippen LogP contribution in [0.2, 0.25) is 0 Å². The molecule has 0 aromatic rings. The first-order valence-corrected chi connectivity index (χ1v) is 29.5. The van der Waals surface area contributed by atoms with Crippen molar-refractivity contribution in [3.8, 4) is 0 Å². The fourth-order valence-corrected chi connectivity index (χ4v) is 8.67. The average molecular weight is 942 g/mol. The van der Waals surface area contributed by atoms with Crippen molar-refractivity contribution in [3.63, 3.8) is 0 Å². The van der Waals surface area contributed by atoms with Gasteiger partial charge in [-0.3, -0.25) is 14.4 Å². The molecule has 0 aromatic heterocycles. The summed E-state index contributed by atoms with van der Waals surface area (Å²) in [6.45, 7) is 6.65. The Bertz CT molecular complexity index is 1130. The van der Waals surface area contributed by atoms with Gasteiger partial charge in [0.1, 0.15) is 13.2 Å². The predicted molar refractivity (Wildman–Crippen MR) is 289 cm³/mol. The monoisotopic (exact) mass is 941 g/mol. The largest absolute Gasteiger partial charge is 0.462 e. The molecule has 6 heteroatoms. The lowest BCUT2D eigenvalue weighted by Gasteiger charge is -2.18. The third kappa shape index (κ3) is 54.4. The molecule has 0 aliphatic carbocycles. The van der Waals surface area contributed by atoms with Crippen molar-refractivity contribution in [1.82, 2.24) is 0 Å². The second-order valence-electron chi connectivity index (χ2n) is 19.9. The lowest BCUT2D eigenvalue weighted by molar-refractivity contribution is -0.167. The summed E-state index contributed by atoms with van der Waals surface area (Å²) in [6.07, 6.45) is 67.1. The van der Waals surface area contributed by atoms with E-state index in [0.717, 1.165) is 77.0 Å². The molecule has 0 saturated carbocycles. The number of carbonyl (C=O) groups excluding carboxylic acids is 3. The average Bonchev–Trinajstić information content (AvgIpc) is 3.33. The van der Waals surface area contributed by atoms with E-state index in [9.17, 15) is 14.4 Å². The first kappa shape index (κ1) is 64.6. The molecule has 0 heterocycles. The molecule has 67 heavy (non-hydrogen) atoms. The first-order chi connectivity index (χ1) is 33.0. The second-order valence-corrected chi connectivity index (χ2v) is 19.9. The Labute approximate surface area is 416 Å². The van der Waals surface area contributed by atoms with Crippen LogP contribution >= 0.6 is 0 Å². The number of hydrogen-bond donors (Lipinski definition) is 0. The van der Waals surface area contributed by atoms with E-state index in [-0.39, 0.29) is 31.1 Å². The number of rotatable bonds is 54. The van der Waals surface area contributed by atoms with Crippen LogP contribution in [0.1, 0.15) is 316 Å². The summed E-state index contributed by atoms with van der Waals surface area (Å²) in [5, 5.41) is 0. The van der Waals surface area contributed by atoms with Crippen LogP contribution < -0.4 is 0 Å². The van der Waals surface area contributed by atoms with Crippen molar-refractivity contribution in [3.05, 3.63) is 36.5 Å². The van der Waals surface area contributed by atoms with Crippen LogP contribution in [0.25, 0.3) is 0 Å². The summed E-state index contributed by atoms with van der Waals surface area (Å²) >= 11 is 0. The molecule has 0 saturated heterocycles. The lowest BCUT2D eigenvalue weighted by Crippen LogP contribution is -2.30. The number of unbranched alkanes of at least 4 members (excludes halogenated alkanes) is 38. The highest BCUT2D eigenvalue weighted by molar-refractivity contribution is 5.71. The minimum Gasteiger partial charge on any atom is -0.462 e. The van der Waals surface area contributed by atoms with E-state index >= 15 is 0 Å². The summed E-state index contributed by atoms with van der Waals surface area (Å²) in [5.74, 6) is -0.899. The van der Waals surface area contributed by atoms with Crippen LogP contribution in [0.4, 0.5) is 0 Å². The molecule has 1 atom stereocenters. The molecule has 392 valence electrons. The van der Waals surface area contributed by atoms with E-state index in [1.165, 1.54) is 199 Å². The maximum Gasteiger partial charge on any atom is 0.306 e. The Hall–Kier alpha value is -2.37. The van der Waals surface area contributed by atoms with Crippen molar-refractivity contribution < 1.29 is 28.6 Å². The van der Waals surface area contributed by atoms with E-state index in [1.807, 2.05) is 0 Å².